The Morgan fingerprint density at radius 2 is 2.22 bits per heavy atom. The molecule has 2 heterocycles. The number of carbonyl (C=O) groups excluding carboxylic acids is 1. The van der Waals surface area contributed by atoms with Crippen molar-refractivity contribution >= 4 is 22.7 Å². The first kappa shape index (κ1) is 22.3. The zero-order valence-corrected chi connectivity index (χ0v) is 18.6. The SMILES string of the molecule is C#CCOc1cnc(C(=O)Cc2ccc(F)c([C@@]3(C)N=C(N)S[C@@]4(CF)C[C@H]43)c2)c(C)c1. The Hall–Kier alpha value is -2.92. The molecule has 32 heavy (non-hydrogen) atoms. The fourth-order valence-corrected chi connectivity index (χ4v) is 5.78. The van der Waals surface area contributed by atoms with Gasteiger partial charge in [-0.2, -0.15) is 0 Å². The summed E-state index contributed by atoms with van der Waals surface area (Å²) in [6.07, 6.45) is 7.26. The highest BCUT2D eigenvalue weighted by Gasteiger charge is 2.66. The predicted molar refractivity (Wildman–Crippen MR) is 121 cm³/mol. The van der Waals surface area contributed by atoms with E-state index in [0.717, 1.165) is 0 Å². The molecule has 166 valence electrons. The number of fused-ring (bicyclic) bond motifs is 1. The summed E-state index contributed by atoms with van der Waals surface area (Å²) in [4.78, 5) is 21.6. The van der Waals surface area contributed by atoms with E-state index in [0.29, 0.717) is 34.6 Å². The Morgan fingerprint density at radius 1 is 1.44 bits per heavy atom. The third-order valence-corrected chi connectivity index (χ3v) is 7.43. The number of nitrogens with two attached hydrogens (primary N) is 1. The standard InChI is InChI=1S/C24H23F2N3O2S/c1-4-7-31-16-8-14(2)21(28-12-16)19(30)10-15-5-6-18(26)17(9-15)23(3)20-11-24(20,13-25)32-22(27)29-23/h1,5-6,8-9,12,20H,7,10-11,13H2,2-3H3,(H2,27,29)/t20-,23+,24+/m0/s1. The van der Waals surface area contributed by atoms with Crippen LogP contribution >= 0.6 is 11.8 Å². The summed E-state index contributed by atoms with van der Waals surface area (Å²) in [6.45, 7) is 3.12. The number of aromatic nitrogens is 1. The van der Waals surface area contributed by atoms with Crippen LogP contribution in [-0.2, 0) is 12.0 Å². The van der Waals surface area contributed by atoms with Gasteiger partial charge in [0.1, 0.15) is 30.5 Å². The Balaban J connectivity index is 1.60. The minimum absolute atomic E-state index is 0.0363. The van der Waals surface area contributed by atoms with Gasteiger partial charge < -0.3 is 10.5 Å². The number of amidine groups is 1. The maximum Gasteiger partial charge on any atom is 0.185 e. The van der Waals surface area contributed by atoms with E-state index in [1.165, 1.54) is 24.0 Å². The van der Waals surface area contributed by atoms with E-state index in [4.69, 9.17) is 16.9 Å². The van der Waals surface area contributed by atoms with Crippen molar-refractivity contribution in [2.24, 2.45) is 16.6 Å². The van der Waals surface area contributed by atoms with Crippen molar-refractivity contribution in [2.75, 3.05) is 13.3 Å². The number of aryl methyl sites for hydroxylation is 1. The minimum Gasteiger partial charge on any atom is -0.479 e. The fraction of sp³-hybridized carbons (Fsp3) is 0.375. The zero-order chi connectivity index (χ0) is 23.1. The van der Waals surface area contributed by atoms with Crippen molar-refractivity contribution in [3.63, 3.8) is 0 Å². The number of nitrogens with zero attached hydrogens (tertiary/aromatic N) is 2. The zero-order valence-electron chi connectivity index (χ0n) is 17.8. The molecule has 5 nitrogen and oxygen atoms in total. The average molecular weight is 456 g/mol. The lowest BCUT2D eigenvalue weighted by atomic mass is 9.84. The van der Waals surface area contributed by atoms with Gasteiger partial charge in [-0.25, -0.2) is 13.8 Å². The molecule has 8 heteroatoms. The third-order valence-electron chi connectivity index (χ3n) is 6.16. The van der Waals surface area contributed by atoms with Crippen molar-refractivity contribution in [3.8, 4) is 18.1 Å². The molecule has 0 unspecified atom stereocenters. The van der Waals surface area contributed by atoms with Crippen LogP contribution in [0.3, 0.4) is 0 Å². The third kappa shape index (κ3) is 3.86. The van der Waals surface area contributed by atoms with E-state index in [9.17, 15) is 13.6 Å². The molecular weight excluding hydrogens is 432 g/mol. The molecule has 3 atom stereocenters. The van der Waals surface area contributed by atoms with Crippen LogP contribution in [0.2, 0.25) is 0 Å². The number of ketones is 1. The van der Waals surface area contributed by atoms with Crippen molar-refractivity contribution in [1.82, 2.24) is 4.98 Å². The number of aliphatic imine (C=N–C) groups is 1. The monoisotopic (exact) mass is 455 g/mol. The molecule has 0 bridgehead atoms. The molecular formula is C24H23F2N3O2S. The van der Waals surface area contributed by atoms with Gasteiger partial charge >= 0.3 is 0 Å². The summed E-state index contributed by atoms with van der Waals surface area (Å²) in [5.74, 6) is 2.05. The van der Waals surface area contributed by atoms with E-state index in [1.54, 1.807) is 32.0 Å². The second-order valence-corrected chi connectivity index (χ2v) is 9.83. The van der Waals surface area contributed by atoms with Gasteiger partial charge in [0.15, 0.2) is 11.0 Å². The normalized spacial score (nSPS) is 26.0. The molecule has 2 aliphatic rings. The highest BCUT2D eigenvalue weighted by Crippen LogP contribution is 2.66. The number of benzene rings is 1. The first-order valence-electron chi connectivity index (χ1n) is 10.2. The summed E-state index contributed by atoms with van der Waals surface area (Å²) in [5.41, 5.74) is 6.91. The Bertz CT molecular complexity index is 1160. The highest BCUT2D eigenvalue weighted by atomic mass is 32.2. The average Bonchev–Trinajstić information content (AvgIpc) is 3.49. The van der Waals surface area contributed by atoms with Crippen molar-refractivity contribution < 1.29 is 18.3 Å². The lowest BCUT2D eigenvalue weighted by Crippen LogP contribution is -2.36. The van der Waals surface area contributed by atoms with Gasteiger partial charge in [-0.3, -0.25) is 9.79 Å². The second kappa shape index (κ2) is 8.21. The minimum atomic E-state index is -0.977. The topological polar surface area (TPSA) is 77.6 Å². The highest BCUT2D eigenvalue weighted by molar-refractivity contribution is 8.15. The maximum absolute atomic E-state index is 14.9. The molecule has 1 aliphatic carbocycles. The number of halogens is 2. The maximum atomic E-state index is 14.9. The second-order valence-electron chi connectivity index (χ2n) is 8.40. The molecule has 1 saturated carbocycles. The molecule has 0 radical (unpaired) electrons. The number of thioether (sulfide) groups is 1. The Morgan fingerprint density at radius 3 is 2.91 bits per heavy atom. The number of terminal acetylenes is 1. The van der Waals surface area contributed by atoms with Crippen molar-refractivity contribution in [1.29, 1.82) is 0 Å². The smallest absolute Gasteiger partial charge is 0.185 e. The van der Waals surface area contributed by atoms with Gasteiger partial charge in [0.05, 0.1) is 16.5 Å². The van der Waals surface area contributed by atoms with Gasteiger partial charge in [0.25, 0.3) is 0 Å². The number of hydrogen-bond donors (Lipinski definition) is 1. The van der Waals surface area contributed by atoms with Crippen LogP contribution in [0.5, 0.6) is 5.75 Å². The van der Waals surface area contributed by atoms with Crippen molar-refractivity contribution in [2.45, 2.75) is 37.0 Å². The van der Waals surface area contributed by atoms with E-state index in [-0.39, 0.29) is 29.9 Å². The number of alkyl halides is 1. The van der Waals surface area contributed by atoms with E-state index >= 15 is 0 Å². The molecule has 0 spiro atoms. The molecule has 1 aliphatic heterocycles. The summed E-state index contributed by atoms with van der Waals surface area (Å²) in [7, 11) is 0. The van der Waals surface area contributed by atoms with E-state index < -0.39 is 22.8 Å². The predicted octanol–water partition coefficient (Wildman–Crippen LogP) is 3.97. The number of carbonyl (C=O) groups is 1. The fourth-order valence-electron chi connectivity index (χ4n) is 4.46. The van der Waals surface area contributed by atoms with Crippen LogP contribution in [0.1, 0.15) is 40.5 Å². The molecule has 0 amide bonds. The molecule has 0 saturated heterocycles. The summed E-state index contributed by atoms with van der Waals surface area (Å²) in [6, 6.07) is 6.24. The van der Waals surface area contributed by atoms with E-state index in [2.05, 4.69) is 15.9 Å². The van der Waals surface area contributed by atoms with Crippen molar-refractivity contribution in [3.05, 3.63) is 58.7 Å². The first-order chi connectivity index (χ1) is 15.2. The van der Waals surface area contributed by atoms with Crippen LogP contribution in [0, 0.1) is 31.0 Å². The van der Waals surface area contributed by atoms with Crippen LogP contribution < -0.4 is 10.5 Å². The molecule has 1 aromatic heterocycles. The quantitative estimate of drug-likeness (QED) is 0.505. The molecule has 2 N–H and O–H groups in total. The summed E-state index contributed by atoms with van der Waals surface area (Å²) in [5, 5.41) is 0.256. The van der Waals surface area contributed by atoms with Gasteiger partial charge in [-0.15, -0.1) is 6.42 Å². The largest absolute Gasteiger partial charge is 0.479 e. The molecule has 2 aromatic rings. The Labute approximate surface area is 189 Å². The van der Waals surface area contributed by atoms with Gasteiger partial charge in [-0.05, 0) is 49.6 Å². The molecule has 1 aromatic carbocycles. The van der Waals surface area contributed by atoms with Crippen LogP contribution in [-0.4, -0.2) is 34.0 Å². The van der Waals surface area contributed by atoms with Crippen LogP contribution in [0.15, 0.2) is 35.5 Å². The number of pyridine rings is 1. The molecule has 1 fully saturated rings. The first-order valence-corrected chi connectivity index (χ1v) is 11.0. The van der Waals surface area contributed by atoms with Crippen LogP contribution in [0.25, 0.3) is 0 Å². The number of hydrogen-bond acceptors (Lipinski definition) is 6. The number of rotatable bonds is 7. The number of ether oxygens (including phenoxy) is 1. The van der Waals surface area contributed by atoms with Gasteiger partial charge in [0, 0.05) is 17.9 Å². The van der Waals surface area contributed by atoms with Crippen LogP contribution in [0.4, 0.5) is 8.78 Å². The summed E-state index contributed by atoms with van der Waals surface area (Å²) >= 11 is 1.23. The Kier molecular flexibility index (Phi) is 5.72. The molecule has 4 rings (SSSR count). The van der Waals surface area contributed by atoms with E-state index in [1.807, 2.05) is 0 Å². The number of Topliss-reactive ketones (excluding diaryl/α,β-unsaturated/α-hetero) is 1. The summed E-state index contributed by atoms with van der Waals surface area (Å²) < 4.78 is 33.3. The lowest BCUT2D eigenvalue weighted by Gasteiger charge is -2.33. The van der Waals surface area contributed by atoms with Gasteiger partial charge in [-0.1, -0.05) is 23.7 Å². The van der Waals surface area contributed by atoms with Gasteiger partial charge in [0.2, 0.25) is 0 Å². The lowest BCUT2D eigenvalue weighted by molar-refractivity contribution is 0.0987.